The summed E-state index contributed by atoms with van der Waals surface area (Å²) in [6, 6.07) is 1.62. The average molecular weight is 293 g/mol. The molecule has 0 radical (unpaired) electrons. The van der Waals surface area contributed by atoms with E-state index in [1.165, 1.54) is 15.9 Å². The molecule has 3 rings (SSSR count). The first-order valence-electron chi connectivity index (χ1n) is 7.08. The summed E-state index contributed by atoms with van der Waals surface area (Å²) in [5.41, 5.74) is 0.780. The van der Waals surface area contributed by atoms with Gasteiger partial charge in [-0.2, -0.15) is 9.61 Å². The number of fused-ring (bicyclic) bond motifs is 1. The Balaban J connectivity index is 1.86. The van der Waals surface area contributed by atoms with Gasteiger partial charge in [0.25, 0.3) is 5.56 Å². The van der Waals surface area contributed by atoms with Gasteiger partial charge in [0.2, 0.25) is 4.96 Å². The average Bonchev–Trinajstić information content (AvgIpc) is 2.83. The molecule has 1 aliphatic rings. The maximum atomic E-state index is 12.1. The molecule has 7 heteroatoms. The third-order valence-electron chi connectivity index (χ3n) is 3.40. The van der Waals surface area contributed by atoms with E-state index in [-0.39, 0.29) is 5.56 Å². The summed E-state index contributed by atoms with van der Waals surface area (Å²) in [6.07, 6.45) is 1.93. The fourth-order valence-corrected chi connectivity index (χ4v) is 3.41. The Labute approximate surface area is 121 Å². The van der Waals surface area contributed by atoms with Gasteiger partial charge in [0.1, 0.15) is 5.01 Å². The van der Waals surface area contributed by atoms with Crippen LogP contribution in [-0.4, -0.2) is 45.7 Å². The number of nitrogens with zero attached hydrogens (tertiary/aromatic N) is 4. The van der Waals surface area contributed by atoms with Gasteiger partial charge in [-0.15, -0.1) is 0 Å². The van der Waals surface area contributed by atoms with Crippen LogP contribution in [0.5, 0.6) is 0 Å². The number of hydrogen-bond donors (Lipinski definition) is 1. The third kappa shape index (κ3) is 2.89. The Morgan fingerprint density at radius 3 is 2.95 bits per heavy atom. The number of piperazine rings is 1. The summed E-state index contributed by atoms with van der Waals surface area (Å²) >= 11 is 1.52. The Morgan fingerprint density at radius 1 is 1.40 bits per heavy atom. The molecule has 0 aliphatic carbocycles. The maximum absolute atomic E-state index is 12.1. The summed E-state index contributed by atoms with van der Waals surface area (Å²) in [5.74, 6) is 0. The molecule has 1 N–H and O–H groups in total. The predicted molar refractivity (Wildman–Crippen MR) is 79.3 cm³/mol. The first-order valence-corrected chi connectivity index (χ1v) is 7.89. The topological polar surface area (TPSA) is 62.5 Å². The minimum absolute atomic E-state index is 0.0706. The largest absolute Gasteiger partial charge is 0.314 e. The maximum Gasteiger partial charge on any atom is 0.275 e. The number of rotatable bonds is 4. The summed E-state index contributed by atoms with van der Waals surface area (Å²) < 4.78 is 1.43. The molecule has 108 valence electrons. The van der Waals surface area contributed by atoms with Gasteiger partial charge in [-0.05, 0) is 6.42 Å². The predicted octanol–water partition coefficient (Wildman–Crippen LogP) is 0.509. The Kier molecular flexibility index (Phi) is 4.09. The van der Waals surface area contributed by atoms with E-state index in [9.17, 15) is 4.79 Å². The molecule has 0 bridgehead atoms. The first kappa shape index (κ1) is 13.7. The zero-order valence-electron chi connectivity index (χ0n) is 11.6. The van der Waals surface area contributed by atoms with Gasteiger partial charge in [0.15, 0.2) is 0 Å². The molecule has 6 nitrogen and oxygen atoms in total. The highest BCUT2D eigenvalue weighted by molar-refractivity contribution is 7.16. The van der Waals surface area contributed by atoms with Crippen LogP contribution >= 0.6 is 11.3 Å². The molecule has 1 aliphatic heterocycles. The third-order valence-corrected chi connectivity index (χ3v) is 4.37. The van der Waals surface area contributed by atoms with Gasteiger partial charge >= 0.3 is 0 Å². The molecule has 0 spiro atoms. The van der Waals surface area contributed by atoms with Gasteiger partial charge in [0.05, 0.1) is 5.69 Å². The van der Waals surface area contributed by atoms with Crippen molar-refractivity contribution in [1.29, 1.82) is 0 Å². The van der Waals surface area contributed by atoms with Gasteiger partial charge in [-0.3, -0.25) is 9.69 Å². The number of aryl methyl sites for hydroxylation is 1. The Bertz CT molecular complexity index is 644. The lowest BCUT2D eigenvalue weighted by atomic mass is 10.3. The van der Waals surface area contributed by atoms with Gasteiger partial charge < -0.3 is 5.32 Å². The van der Waals surface area contributed by atoms with Crippen LogP contribution in [0.3, 0.4) is 0 Å². The van der Waals surface area contributed by atoms with E-state index < -0.39 is 0 Å². The molecule has 0 aromatic carbocycles. The molecule has 3 heterocycles. The molecule has 2 aromatic heterocycles. The van der Waals surface area contributed by atoms with Gasteiger partial charge in [-0.1, -0.05) is 18.3 Å². The first-order chi connectivity index (χ1) is 9.76. The molecule has 0 amide bonds. The molecular formula is C13H19N5OS. The quantitative estimate of drug-likeness (QED) is 0.890. The smallest absolute Gasteiger partial charge is 0.275 e. The summed E-state index contributed by atoms with van der Waals surface area (Å²) in [5, 5.41) is 8.63. The lowest BCUT2D eigenvalue weighted by Crippen LogP contribution is -2.43. The van der Waals surface area contributed by atoms with E-state index in [4.69, 9.17) is 0 Å². The lowest BCUT2D eigenvalue weighted by Gasteiger charge is -2.26. The Hall–Kier alpha value is -1.31. The van der Waals surface area contributed by atoms with E-state index in [0.29, 0.717) is 4.96 Å². The number of aromatic nitrogens is 3. The van der Waals surface area contributed by atoms with Crippen LogP contribution in [0.2, 0.25) is 0 Å². The van der Waals surface area contributed by atoms with Crippen LogP contribution in [0.25, 0.3) is 4.96 Å². The zero-order chi connectivity index (χ0) is 13.9. The van der Waals surface area contributed by atoms with Crippen molar-refractivity contribution in [2.75, 3.05) is 26.2 Å². The van der Waals surface area contributed by atoms with Crippen molar-refractivity contribution in [2.45, 2.75) is 26.3 Å². The van der Waals surface area contributed by atoms with Crippen molar-refractivity contribution < 1.29 is 0 Å². The van der Waals surface area contributed by atoms with Crippen LogP contribution < -0.4 is 10.9 Å². The molecule has 20 heavy (non-hydrogen) atoms. The van der Waals surface area contributed by atoms with Crippen molar-refractivity contribution in [3.63, 3.8) is 0 Å². The van der Waals surface area contributed by atoms with Crippen LogP contribution in [0.4, 0.5) is 0 Å². The van der Waals surface area contributed by atoms with E-state index in [2.05, 4.69) is 27.2 Å². The van der Waals surface area contributed by atoms with Crippen molar-refractivity contribution in [2.24, 2.45) is 0 Å². The summed E-state index contributed by atoms with van der Waals surface area (Å²) in [4.78, 5) is 19.7. The zero-order valence-corrected chi connectivity index (χ0v) is 12.4. The molecule has 0 atom stereocenters. The molecule has 1 saturated heterocycles. The van der Waals surface area contributed by atoms with Crippen LogP contribution in [-0.2, 0) is 13.0 Å². The van der Waals surface area contributed by atoms with Crippen LogP contribution in [0, 0.1) is 0 Å². The second-order valence-electron chi connectivity index (χ2n) is 5.05. The summed E-state index contributed by atoms with van der Waals surface area (Å²) in [6.45, 7) is 6.87. The van der Waals surface area contributed by atoms with Crippen LogP contribution in [0.1, 0.15) is 24.0 Å². The van der Waals surface area contributed by atoms with Crippen molar-refractivity contribution >= 4 is 16.3 Å². The molecular weight excluding hydrogens is 274 g/mol. The van der Waals surface area contributed by atoms with Crippen molar-refractivity contribution in [3.8, 4) is 0 Å². The molecule has 2 aromatic rings. The second-order valence-corrected chi connectivity index (χ2v) is 6.09. The monoisotopic (exact) mass is 293 g/mol. The molecule has 1 fully saturated rings. The fourth-order valence-electron chi connectivity index (χ4n) is 2.39. The second kappa shape index (κ2) is 5.99. The highest BCUT2D eigenvalue weighted by atomic mass is 32.1. The minimum Gasteiger partial charge on any atom is -0.314 e. The van der Waals surface area contributed by atoms with Gasteiger partial charge in [-0.25, -0.2) is 4.98 Å². The van der Waals surface area contributed by atoms with Gasteiger partial charge in [0, 0.05) is 45.2 Å². The number of hydrogen-bond acceptors (Lipinski definition) is 6. The Morgan fingerprint density at radius 2 is 2.20 bits per heavy atom. The SMILES string of the molecule is CCCc1nn2c(=O)cc(CN3CCNCC3)nc2s1. The van der Waals surface area contributed by atoms with Crippen molar-refractivity contribution in [3.05, 3.63) is 27.1 Å². The summed E-state index contributed by atoms with van der Waals surface area (Å²) in [7, 11) is 0. The normalized spacial score (nSPS) is 16.9. The van der Waals surface area contributed by atoms with Crippen LogP contribution in [0.15, 0.2) is 10.9 Å². The fraction of sp³-hybridized carbons (Fsp3) is 0.615. The standard InChI is InChI=1S/C13H19N5OS/c1-2-3-11-16-18-12(19)8-10(15-13(18)20-11)9-17-6-4-14-5-7-17/h8,14H,2-7,9H2,1H3. The minimum atomic E-state index is -0.0706. The van der Waals surface area contributed by atoms with Crippen molar-refractivity contribution in [1.82, 2.24) is 24.8 Å². The highest BCUT2D eigenvalue weighted by Crippen LogP contribution is 2.13. The van der Waals surface area contributed by atoms with E-state index in [1.807, 2.05) is 0 Å². The molecule has 0 saturated carbocycles. The van der Waals surface area contributed by atoms with E-state index in [1.54, 1.807) is 6.07 Å². The van der Waals surface area contributed by atoms with E-state index >= 15 is 0 Å². The van der Waals surface area contributed by atoms with E-state index in [0.717, 1.165) is 56.3 Å². The lowest BCUT2D eigenvalue weighted by molar-refractivity contribution is 0.231. The molecule has 0 unspecified atom stereocenters. The highest BCUT2D eigenvalue weighted by Gasteiger charge is 2.13. The number of nitrogens with one attached hydrogen (secondary N) is 1.